The van der Waals surface area contributed by atoms with E-state index in [4.69, 9.17) is 0 Å². The third kappa shape index (κ3) is 5.11. The van der Waals surface area contributed by atoms with Crippen LogP contribution in [-0.4, -0.2) is 47.0 Å². The first-order valence-electron chi connectivity index (χ1n) is 9.75. The minimum Gasteiger partial charge on any atom is -0.369 e. The Morgan fingerprint density at radius 1 is 0.966 bits per heavy atom. The summed E-state index contributed by atoms with van der Waals surface area (Å²) in [5, 5.41) is 4.18. The quantitative estimate of drug-likeness (QED) is 0.641. The number of aryl methyl sites for hydroxylation is 1. The van der Waals surface area contributed by atoms with E-state index in [0.717, 1.165) is 24.3 Å². The van der Waals surface area contributed by atoms with Gasteiger partial charge in [0, 0.05) is 13.1 Å². The summed E-state index contributed by atoms with van der Waals surface area (Å²) < 4.78 is 28.7. The number of rotatable bonds is 7. The molecule has 1 fully saturated rings. The van der Waals surface area contributed by atoms with Gasteiger partial charge in [0.2, 0.25) is 10.0 Å². The molecule has 8 nitrogen and oxygen atoms in total. The number of nitrogens with zero attached hydrogens (tertiary/aromatic N) is 5. The van der Waals surface area contributed by atoms with Crippen LogP contribution in [0.4, 0.5) is 11.4 Å². The zero-order chi connectivity index (χ0) is 20.1. The number of anilines is 2. The van der Waals surface area contributed by atoms with Crippen molar-refractivity contribution in [3.05, 3.63) is 60.7 Å². The molecule has 9 heteroatoms. The van der Waals surface area contributed by atoms with Crippen molar-refractivity contribution in [2.75, 3.05) is 28.5 Å². The van der Waals surface area contributed by atoms with Crippen LogP contribution in [-0.2, 0) is 16.4 Å². The maximum Gasteiger partial charge on any atom is 0.250 e. The van der Waals surface area contributed by atoms with Crippen molar-refractivity contribution in [2.24, 2.45) is 0 Å². The Labute approximate surface area is 170 Å². The molecule has 3 heterocycles. The van der Waals surface area contributed by atoms with Crippen LogP contribution >= 0.6 is 0 Å². The highest BCUT2D eigenvalue weighted by Gasteiger charge is 2.14. The van der Waals surface area contributed by atoms with Crippen LogP contribution in [0.3, 0.4) is 0 Å². The number of hydrogen-bond acceptors (Lipinski definition) is 6. The second-order valence-electron chi connectivity index (χ2n) is 7.12. The molecule has 1 aliphatic heterocycles. The summed E-state index contributed by atoms with van der Waals surface area (Å²) in [6.07, 6.45) is 10.7. The smallest absolute Gasteiger partial charge is 0.250 e. The number of benzene rings is 1. The van der Waals surface area contributed by atoms with Gasteiger partial charge in [-0.1, -0.05) is 30.3 Å². The van der Waals surface area contributed by atoms with Crippen LogP contribution < -0.4 is 9.62 Å². The van der Waals surface area contributed by atoms with Crippen molar-refractivity contribution in [2.45, 2.75) is 25.7 Å². The Bertz CT molecular complexity index is 1030. The van der Waals surface area contributed by atoms with Crippen LogP contribution in [0.2, 0.25) is 0 Å². The molecule has 152 valence electrons. The van der Waals surface area contributed by atoms with Gasteiger partial charge in [-0.3, -0.25) is 4.72 Å². The van der Waals surface area contributed by atoms with E-state index in [1.54, 1.807) is 18.6 Å². The molecule has 1 aliphatic rings. The summed E-state index contributed by atoms with van der Waals surface area (Å²) in [4.78, 5) is 11.0. The molecule has 0 bridgehead atoms. The van der Waals surface area contributed by atoms with Gasteiger partial charge >= 0.3 is 0 Å². The standard InChI is InChI=1S/C20H24N6O2S/c27-29(28,12-9-17-7-3-1-4-8-17)24-18-13-23-26(16-18)20-21-14-19(15-22-20)25-10-5-2-6-11-25/h1,3-4,7-8,13-16,24H,2,5-6,9-12H2. The van der Waals surface area contributed by atoms with Gasteiger partial charge in [-0.25, -0.2) is 23.1 Å². The molecule has 0 spiro atoms. The Morgan fingerprint density at radius 3 is 2.41 bits per heavy atom. The fourth-order valence-corrected chi connectivity index (χ4v) is 4.43. The lowest BCUT2D eigenvalue weighted by molar-refractivity contribution is 0.576. The first-order valence-corrected chi connectivity index (χ1v) is 11.4. The van der Waals surface area contributed by atoms with E-state index in [0.29, 0.717) is 18.1 Å². The van der Waals surface area contributed by atoms with Crippen LogP contribution in [0, 0.1) is 0 Å². The van der Waals surface area contributed by atoms with Crippen molar-refractivity contribution in [1.82, 2.24) is 19.7 Å². The number of nitrogens with one attached hydrogen (secondary N) is 1. The van der Waals surface area contributed by atoms with E-state index in [1.807, 2.05) is 30.3 Å². The highest BCUT2D eigenvalue weighted by Crippen LogP contribution is 2.19. The minimum atomic E-state index is -3.47. The summed E-state index contributed by atoms with van der Waals surface area (Å²) in [6.45, 7) is 2.05. The van der Waals surface area contributed by atoms with Crippen molar-refractivity contribution in [3.8, 4) is 5.95 Å². The predicted octanol–water partition coefficient (Wildman–Crippen LogP) is 2.64. The van der Waals surface area contributed by atoms with Crippen LogP contribution in [0.5, 0.6) is 0 Å². The molecule has 29 heavy (non-hydrogen) atoms. The first kappa shape index (κ1) is 19.4. The molecule has 2 aromatic heterocycles. The molecule has 0 amide bonds. The normalized spacial score (nSPS) is 14.7. The molecular weight excluding hydrogens is 388 g/mol. The van der Waals surface area contributed by atoms with Gasteiger partial charge in [-0.2, -0.15) is 5.10 Å². The van der Waals surface area contributed by atoms with Gasteiger partial charge in [0.15, 0.2) is 0 Å². The lowest BCUT2D eigenvalue weighted by Crippen LogP contribution is -2.29. The summed E-state index contributed by atoms with van der Waals surface area (Å²) in [5.74, 6) is 0.406. The molecule has 3 aromatic rings. The largest absolute Gasteiger partial charge is 0.369 e. The zero-order valence-corrected chi connectivity index (χ0v) is 16.9. The highest BCUT2D eigenvalue weighted by atomic mass is 32.2. The molecule has 4 rings (SSSR count). The lowest BCUT2D eigenvalue weighted by atomic mass is 10.1. The molecule has 0 saturated carbocycles. The molecule has 0 radical (unpaired) electrons. The zero-order valence-electron chi connectivity index (χ0n) is 16.1. The van der Waals surface area contributed by atoms with Gasteiger partial charge in [-0.05, 0) is 31.2 Å². The number of sulfonamides is 1. The topological polar surface area (TPSA) is 93.0 Å². The Morgan fingerprint density at radius 2 is 1.69 bits per heavy atom. The van der Waals surface area contributed by atoms with E-state index in [2.05, 4.69) is 24.7 Å². The minimum absolute atomic E-state index is 0.00320. The lowest BCUT2D eigenvalue weighted by Gasteiger charge is -2.28. The average molecular weight is 413 g/mol. The van der Waals surface area contributed by atoms with E-state index in [9.17, 15) is 8.42 Å². The van der Waals surface area contributed by atoms with Gasteiger partial charge in [0.05, 0.1) is 41.9 Å². The van der Waals surface area contributed by atoms with E-state index in [-0.39, 0.29) is 5.75 Å². The first-order chi connectivity index (χ1) is 14.1. The molecular formula is C20H24N6O2S. The molecule has 0 atom stereocenters. The predicted molar refractivity (Wildman–Crippen MR) is 113 cm³/mol. The maximum absolute atomic E-state index is 12.4. The second kappa shape index (κ2) is 8.60. The maximum atomic E-state index is 12.4. The van der Waals surface area contributed by atoms with E-state index < -0.39 is 10.0 Å². The molecule has 0 aliphatic carbocycles. The Balaban J connectivity index is 1.38. The van der Waals surface area contributed by atoms with Gasteiger partial charge in [0.25, 0.3) is 5.95 Å². The van der Waals surface area contributed by atoms with Gasteiger partial charge in [-0.15, -0.1) is 0 Å². The fraction of sp³-hybridized carbons (Fsp3) is 0.350. The summed E-state index contributed by atoms with van der Waals surface area (Å²) in [7, 11) is -3.47. The average Bonchev–Trinajstić information content (AvgIpc) is 3.22. The van der Waals surface area contributed by atoms with Crippen molar-refractivity contribution >= 4 is 21.4 Å². The molecule has 1 aromatic carbocycles. The summed E-state index contributed by atoms with van der Waals surface area (Å²) in [6, 6.07) is 9.54. The van der Waals surface area contributed by atoms with E-state index >= 15 is 0 Å². The number of hydrogen-bond donors (Lipinski definition) is 1. The van der Waals surface area contributed by atoms with Gasteiger partial charge in [0.1, 0.15) is 0 Å². The van der Waals surface area contributed by atoms with Crippen molar-refractivity contribution < 1.29 is 8.42 Å². The molecule has 0 unspecified atom stereocenters. The monoisotopic (exact) mass is 412 g/mol. The summed E-state index contributed by atoms with van der Waals surface area (Å²) in [5.41, 5.74) is 2.37. The van der Waals surface area contributed by atoms with Crippen LogP contribution in [0.25, 0.3) is 5.95 Å². The van der Waals surface area contributed by atoms with Crippen LogP contribution in [0.15, 0.2) is 55.1 Å². The summed E-state index contributed by atoms with van der Waals surface area (Å²) >= 11 is 0. The number of piperidine rings is 1. The van der Waals surface area contributed by atoms with Crippen LogP contribution in [0.1, 0.15) is 24.8 Å². The molecule has 1 N–H and O–H groups in total. The highest BCUT2D eigenvalue weighted by molar-refractivity contribution is 7.92. The third-order valence-corrected chi connectivity index (χ3v) is 6.20. The Kier molecular flexibility index (Phi) is 5.75. The van der Waals surface area contributed by atoms with Crippen molar-refractivity contribution in [3.63, 3.8) is 0 Å². The molecule has 1 saturated heterocycles. The van der Waals surface area contributed by atoms with Crippen molar-refractivity contribution in [1.29, 1.82) is 0 Å². The Hall–Kier alpha value is -2.94. The second-order valence-corrected chi connectivity index (χ2v) is 8.96. The third-order valence-electron chi connectivity index (χ3n) is 4.91. The SMILES string of the molecule is O=S(=O)(CCc1ccccc1)Nc1cnn(-c2ncc(N3CCCCC3)cn2)c1. The number of aromatic nitrogens is 4. The van der Waals surface area contributed by atoms with E-state index in [1.165, 1.54) is 30.1 Å². The fourth-order valence-electron chi connectivity index (χ4n) is 3.36. The van der Waals surface area contributed by atoms with Gasteiger partial charge < -0.3 is 4.90 Å².